The lowest BCUT2D eigenvalue weighted by molar-refractivity contribution is -0.361. The zero-order chi connectivity index (χ0) is 45.7. The van der Waals surface area contributed by atoms with Gasteiger partial charge in [0.2, 0.25) is 0 Å². The second kappa shape index (κ2) is 33.9. The van der Waals surface area contributed by atoms with Crippen LogP contribution >= 0.6 is 0 Å². The van der Waals surface area contributed by atoms with Crippen LogP contribution in [0.5, 0.6) is 0 Å². The number of aliphatic hydroxyl groups is 7. The third-order valence-electron chi connectivity index (χ3n) is 12.6. The maximum Gasteiger partial charge on any atom is 0.305 e. The highest BCUT2D eigenvalue weighted by molar-refractivity contribution is 5.69. The molecule has 2 saturated heterocycles. The molecule has 0 aromatic rings. The molecular formula is C47H88O15. The number of rotatable bonds is 36. The zero-order valence-electron chi connectivity index (χ0n) is 38.7. The standard InChI is InChI=1S/C47H88O15/c1-5-33(3)25-21-17-13-9-7-8-10-15-20-24-28-39(51)58-32-37-41(53)45(62-47-43(55)42(54)40(52)36(29-48)60-47)44(56)46(61-37)59-31-35(49)30-57-38(50)27-23-19-16-12-11-14-18-22-26-34(4)6-2/h33-37,40-49,52-56H,5-32H2,1-4H3/t33?,34?,35?,36-,37-,40-,41-,42+,43-,44+,45+,46+,47-/m1/s1. The van der Waals surface area contributed by atoms with Crippen molar-refractivity contribution >= 4 is 11.9 Å². The minimum Gasteiger partial charge on any atom is -0.463 e. The van der Waals surface area contributed by atoms with Crippen LogP contribution in [0.2, 0.25) is 0 Å². The number of aliphatic hydroxyl groups excluding tert-OH is 7. The fourth-order valence-corrected chi connectivity index (χ4v) is 7.84. The second-order valence-electron chi connectivity index (χ2n) is 18.1. The van der Waals surface area contributed by atoms with Crippen LogP contribution in [0.3, 0.4) is 0 Å². The molecular weight excluding hydrogens is 805 g/mol. The SMILES string of the molecule is CCC(C)CCCCCCCCCCCCC(=O)OC[C@H]1O[C@H](OCC(O)COC(=O)CCCCCCCCCCC(C)CC)[C@@H](O)[C@@H](O[C@H]2O[C@H](CO)[C@@H](O)[C@H](O)[C@H]2O)[C@@H]1O. The predicted molar refractivity (Wildman–Crippen MR) is 234 cm³/mol. The number of hydrogen-bond acceptors (Lipinski definition) is 15. The van der Waals surface area contributed by atoms with E-state index in [-0.39, 0.29) is 19.4 Å². The first-order valence-electron chi connectivity index (χ1n) is 24.4. The van der Waals surface area contributed by atoms with E-state index in [9.17, 15) is 45.3 Å². The van der Waals surface area contributed by atoms with E-state index in [1.807, 2.05) is 0 Å². The van der Waals surface area contributed by atoms with Crippen LogP contribution in [0.1, 0.15) is 182 Å². The summed E-state index contributed by atoms with van der Waals surface area (Å²) in [6.07, 6.45) is 7.91. The number of unbranched alkanes of at least 4 members (excludes halogenated alkanes) is 16. The van der Waals surface area contributed by atoms with Crippen LogP contribution in [-0.2, 0) is 38.0 Å². The molecule has 2 aliphatic rings. The summed E-state index contributed by atoms with van der Waals surface area (Å²) in [5.74, 6) is 0.657. The molecule has 0 radical (unpaired) electrons. The molecule has 0 saturated carbocycles. The molecule has 366 valence electrons. The quantitative estimate of drug-likeness (QED) is 0.0293. The molecule has 0 aromatic carbocycles. The smallest absolute Gasteiger partial charge is 0.305 e. The third-order valence-corrected chi connectivity index (χ3v) is 12.6. The summed E-state index contributed by atoms with van der Waals surface area (Å²) in [6, 6.07) is 0. The molecule has 15 nitrogen and oxygen atoms in total. The van der Waals surface area contributed by atoms with Gasteiger partial charge in [-0.3, -0.25) is 9.59 Å². The molecule has 2 heterocycles. The first-order valence-corrected chi connectivity index (χ1v) is 24.4. The molecule has 3 unspecified atom stereocenters. The van der Waals surface area contributed by atoms with Crippen molar-refractivity contribution in [3.05, 3.63) is 0 Å². The molecule has 15 heteroatoms. The van der Waals surface area contributed by atoms with Gasteiger partial charge in [-0.25, -0.2) is 0 Å². The number of carbonyl (C=O) groups is 2. The van der Waals surface area contributed by atoms with Crippen molar-refractivity contribution in [3.8, 4) is 0 Å². The van der Waals surface area contributed by atoms with Crippen LogP contribution in [0, 0.1) is 11.8 Å². The number of esters is 2. The first-order chi connectivity index (χ1) is 29.8. The maximum atomic E-state index is 12.7. The lowest BCUT2D eigenvalue weighted by atomic mass is 9.97. The minimum absolute atomic E-state index is 0.163. The molecule has 2 rings (SSSR count). The largest absolute Gasteiger partial charge is 0.463 e. The lowest BCUT2D eigenvalue weighted by Crippen LogP contribution is -2.65. The van der Waals surface area contributed by atoms with Gasteiger partial charge < -0.3 is 64.2 Å². The average molecular weight is 893 g/mol. The van der Waals surface area contributed by atoms with Crippen LogP contribution in [0.15, 0.2) is 0 Å². The average Bonchev–Trinajstić information content (AvgIpc) is 3.26. The van der Waals surface area contributed by atoms with Crippen LogP contribution < -0.4 is 0 Å². The van der Waals surface area contributed by atoms with Gasteiger partial charge >= 0.3 is 11.9 Å². The van der Waals surface area contributed by atoms with Gasteiger partial charge in [-0.05, 0) is 24.7 Å². The van der Waals surface area contributed by atoms with Crippen molar-refractivity contribution < 1.29 is 73.8 Å². The Bertz CT molecular complexity index is 1130. The molecule has 7 N–H and O–H groups in total. The van der Waals surface area contributed by atoms with E-state index < -0.39 is 99.3 Å². The highest BCUT2D eigenvalue weighted by atomic mass is 16.7. The second-order valence-corrected chi connectivity index (χ2v) is 18.1. The molecule has 62 heavy (non-hydrogen) atoms. The monoisotopic (exact) mass is 893 g/mol. The normalized spacial score (nSPS) is 28.0. The molecule has 0 bridgehead atoms. The van der Waals surface area contributed by atoms with Crippen molar-refractivity contribution in [2.24, 2.45) is 11.8 Å². The lowest BCUT2D eigenvalue weighted by Gasteiger charge is -2.46. The Balaban J connectivity index is 1.80. The number of carbonyl (C=O) groups excluding carboxylic acids is 2. The predicted octanol–water partition coefficient (Wildman–Crippen LogP) is 5.76. The fourth-order valence-electron chi connectivity index (χ4n) is 7.84. The molecule has 13 atom stereocenters. The maximum absolute atomic E-state index is 12.7. The van der Waals surface area contributed by atoms with Gasteiger partial charge in [0.1, 0.15) is 68.1 Å². The minimum atomic E-state index is -1.83. The van der Waals surface area contributed by atoms with Crippen molar-refractivity contribution in [3.63, 3.8) is 0 Å². The van der Waals surface area contributed by atoms with E-state index in [1.54, 1.807) is 0 Å². The van der Waals surface area contributed by atoms with Crippen LogP contribution in [0.4, 0.5) is 0 Å². The Labute approximate surface area is 372 Å². The molecule has 2 fully saturated rings. The Morgan fingerprint density at radius 2 is 0.984 bits per heavy atom. The summed E-state index contributed by atoms with van der Waals surface area (Å²) in [6.45, 7) is 7.09. The van der Waals surface area contributed by atoms with Crippen molar-refractivity contribution in [1.82, 2.24) is 0 Å². The number of ether oxygens (including phenoxy) is 6. The number of hydrogen-bond donors (Lipinski definition) is 7. The summed E-state index contributed by atoms with van der Waals surface area (Å²) in [4.78, 5) is 25.0. The zero-order valence-corrected chi connectivity index (χ0v) is 38.7. The van der Waals surface area contributed by atoms with Gasteiger partial charge in [0.05, 0.1) is 13.2 Å². The van der Waals surface area contributed by atoms with Gasteiger partial charge in [-0.1, -0.05) is 156 Å². The summed E-state index contributed by atoms with van der Waals surface area (Å²) in [7, 11) is 0. The van der Waals surface area contributed by atoms with E-state index in [0.717, 1.165) is 50.4 Å². The van der Waals surface area contributed by atoms with Gasteiger partial charge in [-0.15, -0.1) is 0 Å². The van der Waals surface area contributed by atoms with E-state index in [0.29, 0.717) is 12.8 Å². The Hall–Kier alpha value is -1.50. The molecule has 0 spiro atoms. The molecule has 2 aliphatic heterocycles. The van der Waals surface area contributed by atoms with Gasteiger partial charge in [0, 0.05) is 12.8 Å². The molecule has 0 aliphatic carbocycles. The Morgan fingerprint density at radius 3 is 1.47 bits per heavy atom. The Morgan fingerprint density at radius 1 is 0.532 bits per heavy atom. The van der Waals surface area contributed by atoms with E-state index >= 15 is 0 Å². The van der Waals surface area contributed by atoms with Crippen molar-refractivity contribution in [2.75, 3.05) is 26.4 Å². The van der Waals surface area contributed by atoms with Crippen LogP contribution in [0.25, 0.3) is 0 Å². The topological polar surface area (TPSA) is 231 Å². The van der Waals surface area contributed by atoms with Crippen LogP contribution in [-0.4, -0.2) is 142 Å². The van der Waals surface area contributed by atoms with Gasteiger partial charge in [-0.2, -0.15) is 0 Å². The van der Waals surface area contributed by atoms with Gasteiger partial charge in [0.15, 0.2) is 12.6 Å². The summed E-state index contributed by atoms with van der Waals surface area (Å²) in [5, 5.41) is 73.7. The molecule has 0 aromatic heterocycles. The summed E-state index contributed by atoms with van der Waals surface area (Å²) < 4.78 is 33.3. The first kappa shape index (κ1) is 56.6. The highest BCUT2D eigenvalue weighted by Gasteiger charge is 2.51. The Kier molecular flexibility index (Phi) is 31.0. The van der Waals surface area contributed by atoms with E-state index in [4.69, 9.17) is 28.4 Å². The van der Waals surface area contributed by atoms with Crippen molar-refractivity contribution in [1.29, 1.82) is 0 Å². The summed E-state index contributed by atoms with van der Waals surface area (Å²) >= 11 is 0. The van der Waals surface area contributed by atoms with E-state index in [1.165, 1.54) is 89.9 Å². The van der Waals surface area contributed by atoms with Crippen molar-refractivity contribution in [2.45, 2.75) is 249 Å². The highest BCUT2D eigenvalue weighted by Crippen LogP contribution is 2.30. The van der Waals surface area contributed by atoms with Gasteiger partial charge in [0.25, 0.3) is 0 Å². The fraction of sp³-hybridized carbons (Fsp3) is 0.957. The molecule has 0 amide bonds. The third kappa shape index (κ3) is 23.1. The van der Waals surface area contributed by atoms with E-state index in [2.05, 4.69) is 27.7 Å². The summed E-state index contributed by atoms with van der Waals surface area (Å²) in [5.41, 5.74) is 0.